The average Bonchev–Trinajstić information content (AvgIpc) is 2.37. The standard InChI is InChI=1S/C15H22N2O4/c1-11(2)21-13-6-4-5-12(9-13)10-17(3)15(20)16-8-7-14(18)19/h4-6,9,11H,7-8,10H2,1-3H3,(H,16,20)(H,18,19). The number of ether oxygens (including phenoxy) is 1. The van der Waals surface area contributed by atoms with Crippen molar-refractivity contribution in [2.75, 3.05) is 13.6 Å². The van der Waals surface area contributed by atoms with Gasteiger partial charge in [-0.05, 0) is 31.5 Å². The van der Waals surface area contributed by atoms with Gasteiger partial charge in [0.1, 0.15) is 5.75 Å². The molecule has 0 spiro atoms. The zero-order valence-corrected chi connectivity index (χ0v) is 12.6. The van der Waals surface area contributed by atoms with Gasteiger partial charge in [0, 0.05) is 20.1 Å². The molecule has 0 atom stereocenters. The number of carbonyl (C=O) groups excluding carboxylic acids is 1. The molecule has 6 heteroatoms. The number of amides is 2. The molecule has 2 N–H and O–H groups in total. The van der Waals surface area contributed by atoms with Crippen LogP contribution >= 0.6 is 0 Å². The largest absolute Gasteiger partial charge is 0.491 e. The molecular weight excluding hydrogens is 272 g/mol. The van der Waals surface area contributed by atoms with Crippen molar-refractivity contribution in [2.24, 2.45) is 0 Å². The van der Waals surface area contributed by atoms with Gasteiger partial charge in [-0.3, -0.25) is 4.79 Å². The number of benzene rings is 1. The lowest BCUT2D eigenvalue weighted by atomic mass is 10.2. The van der Waals surface area contributed by atoms with E-state index in [1.807, 2.05) is 38.1 Å². The van der Waals surface area contributed by atoms with Gasteiger partial charge in [-0.1, -0.05) is 12.1 Å². The molecule has 0 saturated heterocycles. The number of hydrogen-bond acceptors (Lipinski definition) is 3. The topological polar surface area (TPSA) is 78.9 Å². The molecule has 116 valence electrons. The van der Waals surface area contributed by atoms with Crippen LogP contribution in [0, 0.1) is 0 Å². The number of carbonyl (C=O) groups is 2. The summed E-state index contributed by atoms with van der Waals surface area (Å²) in [7, 11) is 1.66. The monoisotopic (exact) mass is 294 g/mol. The van der Waals surface area contributed by atoms with Gasteiger partial charge in [-0.25, -0.2) is 4.79 Å². The first kappa shape index (κ1) is 16.8. The third kappa shape index (κ3) is 6.65. The zero-order chi connectivity index (χ0) is 15.8. The summed E-state index contributed by atoms with van der Waals surface area (Å²) in [5.41, 5.74) is 0.948. The van der Waals surface area contributed by atoms with Gasteiger partial charge in [0.25, 0.3) is 0 Å². The first-order valence-electron chi connectivity index (χ1n) is 6.85. The lowest BCUT2D eigenvalue weighted by Crippen LogP contribution is -2.37. The van der Waals surface area contributed by atoms with Crippen LogP contribution in [-0.2, 0) is 11.3 Å². The summed E-state index contributed by atoms with van der Waals surface area (Å²) in [6, 6.07) is 7.25. The van der Waals surface area contributed by atoms with Crippen molar-refractivity contribution in [1.82, 2.24) is 10.2 Å². The smallest absolute Gasteiger partial charge is 0.317 e. The van der Waals surface area contributed by atoms with Crippen molar-refractivity contribution >= 4 is 12.0 Å². The molecule has 1 aromatic carbocycles. The highest BCUT2D eigenvalue weighted by molar-refractivity contribution is 5.75. The Balaban J connectivity index is 2.51. The fourth-order valence-corrected chi connectivity index (χ4v) is 1.75. The zero-order valence-electron chi connectivity index (χ0n) is 12.6. The molecule has 21 heavy (non-hydrogen) atoms. The molecule has 1 aromatic rings. The predicted octanol–water partition coefficient (Wildman–Crippen LogP) is 2.09. The fourth-order valence-electron chi connectivity index (χ4n) is 1.75. The molecule has 0 fully saturated rings. The van der Waals surface area contributed by atoms with E-state index in [9.17, 15) is 9.59 Å². The summed E-state index contributed by atoms with van der Waals surface area (Å²) in [5, 5.41) is 11.1. The maximum Gasteiger partial charge on any atom is 0.317 e. The number of hydrogen-bond donors (Lipinski definition) is 2. The highest BCUT2D eigenvalue weighted by Crippen LogP contribution is 2.16. The summed E-state index contributed by atoms with van der Waals surface area (Å²) in [6.07, 6.45) is 0.00870. The maximum atomic E-state index is 11.8. The summed E-state index contributed by atoms with van der Waals surface area (Å²) in [5.74, 6) is -0.168. The third-order valence-corrected chi connectivity index (χ3v) is 2.65. The average molecular weight is 294 g/mol. The minimum atomic E-state index is -0.934. The van der Waals surface area contributed by atoms with Crippen molar-refractivity contribution < 1.29 is 19.4 Å². The summed E-state index contributed by atoms with van der Waals surface area (Å²) < 4.78 is 5.60. The summed E-state index contributed by atoms with van der Waals surface area (Å²) in [4.78, 5) is 23.7. The predicted molar refractivity (Wildman–Crippen MR) is 79.3 cm³/mol. The minimum absolute atomic E-state index is 0.0860. The molecule has 0 aliphatic carbocycles. The van der Waals surface area contributed by atoms with Gasteiger partial charge in [-0.2, -0.15) is 0 Å². The van der Waals surface area contributed by atoms with E-state index in [4.69, 9.17) is 9.84 Å². The fraction of sp³-hybridized carbons (Fsp3) is 0.467. The normalized spacial score (nSPS) is 10.3. The first-order valence-corrected chi connectivity index (χ1v) is 6.85. The van der Waals surface area contributed by atoms with Crippen LogP contribution in [0.3, 0.4) is 0 Å². The second kappa shape index (κ2) is 8.14. The van der Waals surface area contributed by atoms with Gasteiger partial charge >= 0.3 is 12.0 Å². The van der Waals surface area contributed by atoms with Gasteiger partial charge < -0.3 is 20.1 Å². The SMILES string of the molecule is CC(C)Oc1cccc(CN(C)C(=O)NCCC(=O)O)c1. The highest BCUT2D eigenvalue weighted by atomic mass is 16.5. The Morgan fingerprint density at radius 2 is 2.10 bits per heavy atom. The number of nitrogens with one attached hydrogen (secondary N) is 1. The quantitative estimate of drug-likeness (QED) is 0.807. The molecule has 6 nitrogen and oxygen atoms in total. The molecule has 0 saturated carbocycles. The van der Waals surface area contributed by atoms with Crippen LogP contribution in [0.2, 0.25) is 0 Å². The number of carboxylic acid groups (broad SMARTS) is 1. The molecule has 0 aromatic heterocycles. The van der Waals surface area contributed by atoms with Crippen molar-refractivity contribution in [3.8, 4) is 5.75 Å². The Morgan fingerprint density at radius 3 is 2.71 bits per heavy atom. The molecule has 2 amide bonds. The van der Waals surface area contributed by atoms with E-state index >= 15 is 0 Å². The second-order valence-electron chi connectivity index (χ2n) is 5.05. The summed E-state index contributed by atoms with van der Waals surface area (Å²) >= 11 is 0. The van der Waals surface area contributed by atoms with Crippen LogP contribution in [0.1, 0.15) is 25.8 Å². The van der Waals surface area contributed by atoms with Gasteiger partial charge in [0.15, 0.2) is 0 Å². The van der Waals surface area contributed by atoms with Crippen molar-refractivity contribution in [3.63, 3.8) is 0 Å². The van der Waals surface area contributed by atoms with E-state index in [1.54, 1.807) is 7.05 Å². The summed E-state index contributed by atoms with van der Waals surface area (Å²) in [6.45, 7) is 4.45. The Labute approximate surface area is 124 Å². The Hall–Kier alpha value is -2.24. The van der Waals surface area contributed by atoms with Crippen molar-refractivity contribution in [2.45, 2.75) is 32.9 Å². The number of aliphatic carboxylic acids is 1. The van der Waals surface area contributed by atoms with Crippen LogP contribution in [-0.4, -0.2) is 41.7 Å². The molecule has 0 heterocycles. The third-order valence-electron chi connectivity index (χ3n) is 2.65. The van der Waals surface area contributed by atoms with E-state index in [1.165, 1.54) is 4.90 Å². The maximum absolute atomic E-state index is 11.8. The van der Waals surface area contributed by atoms with Crippen LogP contribution in [0.15, 0.2) is 24.3 Å². The van der Waals surface area contributed by atoms with E-state index in [0.717, 1.165) is 11.3 Å². The highest BCUT2D eigenvalue weighted by Gasteiger charge is 2.10. The first-order chi connectivity index (χ1) is 9.88. The molecular formula is C15H22N2O4. The lowest BCUT2D eigenvalue weighted by molar-refractivity contribution is -0.136. The van der Waals surface area contributed by atoms with Crippen LogP contribution in [0.25, 0.3) is 0 Å². The Kier molecular flexibility index (Phi) is 6.52. The number of nitrogens with zero attached hydrogens (tertiary/aromatic N) is 1. The van der Waals surface area contributed by atoms with Crippen molar-refractivity contribution in [3.05, 3.63) is 29.8 Å². The minimum Gasteiger partial charge on any atom is -0.491 e. The van der Waals surface area contributed by atoms with Gasteiger partial charge in [-0.15, -0.1) is 0 Å². The van der Waals surface area contributed by atoms with Crippen LogP contribution in [0.4, 0.5) is 4.79 Å². The molecule has 0 unspecified atom stereocenters. The lowest BCUT2D eigenvalue weighted by Gasteiger charge is -2.18. The molecule has 0 aliphatic rings. The van der Waals surface area contributed by atoms with E-state index in [-0.39, 0.29) is 25.1 Å². The second-order valence-corrected chi connectivity index (χ2v) is 5.05. The van der Waals surface area contributed by atoms with Gasteiger partial charge in [0.2, 0.25) is 0 Å². The molecule has 1 rings (SSSR count). The number of rotatable bonds is 7. The number of carboxylic acids is 1. The van der Waals surface area contributed by atoms with Crippen LogP contribution < -0.4 is 10.1 Å². The Bertz CT molecular complexity index is 488. The van der Waals surface area contributed by atoms with Crippen LogP contribution in [0.5, 0.6) is 5.75 Å². The van der Waals surface area contributed by atoms with Gasteiger partial charge in [0.05, 0.1) is 12.5 Å². The molecule has 0 bridgehead atoms. The van der Waals surface area contributed by atoms with Crippen molar-refractivity contribution in [1.29, 1.82) is 0 Å². The molecule has 0 radical (unpaired) electrons. The Morgan fingerprint density at radius 1 is 1.38 bits per heavy atom. The van der Waals surface area contributed by atoms with E-state index in [2.05, 4.69) is 5.32 Å². The van der Waals surface area contributed by atoms with E-state index < -0.39 is 5.97 Å². The van der Waals surface area contributed by atoms with E-state index in [0.29, 0.717) is 6.54 Å². The molecule has 0 aliphatic heterocycles. The number of urea groups is 1.